The number of hydrogen-bond donors (Lipinski definition) is 2. The molecule has 2 saturated carbocycles. The van der Waals surface area contributed by atoms with Crippen LogP contribution in [0.2, 0.25) is 0 Å². The zero-order valence-electron chi connectivity index (χ0n) is 30.6. The molecular weight excluding hydrogens is 637 g/mol. The molecule has 2 aromatic rings. The molecule has 0 bridgehead atoms. The van der Waals surface area contributed by atoms with Crippen LogP contribution in [0, 0.1) is 11.8 Å². The maximum absolute atomic E-state index is 13.8. The number of carbonyl (C=O) groups excluding carboxylic acids is 2. The largest absolute Gasteiger partial charge is 0.459 e. The van der Waals surface area contributed by atoms with Crippen molar-refractivity contribution in [2.45, 2.75) is 164 Å². The maximum Gasteiger partial charge on any atom is 0.313 e. The molecule has 0 saturated heterocycles. The maximum atomic E-state index is 13.8. The van der Waals surface area contributed by atoms with E-state index in [-0.39, 0.29) is 33.8 Å². The van der Waals surface area contributed by atoms with Crippen LogP contribution in [0.1, 0.15) is 142 Å². The molecule has 272 valence electrons. The topological polar surface area (TPSA) is 139 Å². The van der Waals surface area contributed by atoms with Crippen molar-refractivity contribution in [3.05, 3.63) is 59.7 Å². The molecule has 2 fully saturated rings. The van der Waals surface area contributed by atoms with Gasteiger partial charge in [-0.05, 0) is 127 Å². The Labute approximate surface area is 295 Å². The molecule has 4 rings (SSSR count). The zero-order chi connectivity index (χ0) is 36.0. The number of sulfone groups is 1. The lowest BCUT2D eigenvalue weighted by Gasteiger charge is -2.31. The van der Waals surface area contributed by atoms with Crippen molar-refractivity contribution < 1.29 is 27.5 Å². The van der Waals surface area contributed by atoms with Gasteiger partial charge in [-0.1, -0.05) is 62.8 Å². The molecule has 2 aliphatic carbocycles. The van der Waals surface area contributed by atoms with Gasteiger partial charge in [0.25, 0.3) is 0 Å². The first-order valence-electron chi connectivity index (χ1n) is 18.4. The summed E-state index contributed by atoms with van der Waals surface area (Å²) < 4.78 is 39.1. The Morgan fingerprint density at radius 3 is 1.20 bits per heavy atom. The highest BCUT2D eigenvalue weighted by Gasteiger charge is 2.34. The van der Waals surface area contributed by atoms with Gasteiger partial charge in [0, 0.05) is 12.1 Å². The van der Waals surface area contributed by atoms with Crippen molar-refractivity contribution >= 4 is 21.8 Å². The molecule has 8 nitrogen and oxygen atoms in total. The van der Waals surface area contributed by atoms with Gasteiger partial charge in [-0.3, -0.25) is 9.59 Å². The fourth-order valence-corrected chi connectivity index (χ4v) is 8.69. The lowest BCUT2D eigenvalue weighted by atomic mass is 9.79. The van der Waals surface area contributed by atoms with Crippen LogP contribution in [0.15, 0.2) is 58.3 Å². The van der Waals surface area contributed by atoms with E-state index in [4.69, 9.17) is 20.9 Å². The Kier molecular flexibility index (Phi) is 13.2. The van der Waals surface area contributed by atoms with Crippen molar-refractivity contribution in [3.63, 3.8) is 0 Å². The summed E-state index contributed by atoms with van der Waals surface area (Å²) in [6, 6.07) is 12.7. The van der Waals surface area contributed by atoms with Gasteiger partial charge in [-0.2, -0.15) is 0 Å². The molecule has 9 heteroatoms. The van der Waals surface area contributed by atoms with Gasteiger partial charge in [-0.15, -0.1) is 0 Å². The van der Waals surface area contributed by atoms with E-state index in [0.717, 1.165) is 51.4 Å². The molecule has 0 aliphatic heterocycles. The van der Waals surface area contributed by atoms with Crippen LogP contribution >= 0.6 is 0 Å². The van der Waals surface area contributed by atoms with Crippen molar-refractivity contribution in [3.8, 4) is 0 Å². The summed E-state index contributed by atoms with van der Waals surface area (Å²) in [6.45, 7) is 11.0. The van der Waals surface area contributed by atoms with Crippen molar-refractivity contribution in [1.82, 2.24) is 0 Å². The van der Waals surface area contributed by atoms with Crippen LogP contribution < -0.4 is 11.5 Å². The molecule has 2 aliphatic rings. The summed E-state index contributed by atoms with van der Waals surface area (Å²) in [4.78, 5) is 27.1. The fraction of sp³-hybridized carbons (Fsp3) is 0.650. The molecule has 0 amide bonds. The van der Waals surface area contributed by atoms with E-state index in [1.54, 1.807) is 48.5 Å². The molecule has 2 aromatic carbocycles. The molecule has 0 aromatic heterocycles. The van der Waals surface area contributed by atoms with Gasteiger partial charge in [0.05, 0.1) is 21.6 Å². The number of ether oxygens (including phenoxy) is 2. The van der Waals surface area contributed by atoms with Crippen LogP contribution in [0.4, 0.5) is 0 Å². The number of carbonyl (C=O) groups is 2. The smallest absolute Gasteiger partial charge is 0.313 e. The number of esters is 2. The quantitative estimate of drug-likeness (QED) is 0.213. The van der Waals surface area contributed by atoms with E-state index < -0.39 is 32.9 Å². The summed E-state index contributed by atoms with van der Waals surface area (Å²) in [6.07, 6.45) is 12.2. The van der Waals surface area contributed by atoms with Crippen LogP contribution in [0.3, 0.4) is 0 Å². The molecule has 0 spiro atoms. The Hall–Kier alpha value is -2.75. The standard InChI is InChI=1S/C40H60N2O6S/c1-39(2,3)47-37(43)33(25-35(41)29-13-9-7-10-14-29)27-17-21-31(22-18-27)49(45,46)32-23-19-28(20-24-32)34(38(44)48-40(4,5)6)26-36(42)30-15-11-8-12-16-30/h17-24,29-30,33-36H,7-16,25-26,41-42H2,1-6H3. The fourth-order valence-electron chi connectivity index (χ4n) is 7.43. The average Bonchev–Trinajstić information content (AvgIpc) is 3.05. The average molecular weight is 697 g/mol. The number of rotatable bonds is 12. The van der Waals surface area contributed by atoms with E-state index >= 15 is 0 Å². The lowest BCUT2D eigenvalue weighted by Crippen LogP contribution is -2.36. The van der Waals surface area contributed by atoms with Crippen LogP contribution in [0.25, 0.3) is 0 Å². The third-order valence-corrected chi connectivity index (χ3v) is 11.9. The predicted octanol–water partition coefficient (Wildman–Crippen LogP) is 7.97. The summed E-state index contributed by atoms with van der Waals surface area (Å²) in [5.74, 6) is -1.19. The summed E-state index contributed by atoms with van der Waals surface area (Å²) in [5.41, 5.74) is 13.4. The summed E-state index contributed by atoms with van der Waals surface area (Å²) in [7, 11) is -3.88. The predicted molar refractivity (Wildman–Crippen MR) is 194 cm³/mol. The van der Waals surface area contributed by atoms with E-state index in [2.05, 4.69) is 0 Å². The monoisotopic (exact) mass is 696 g/mol. The Morgan fingerprint density at radius 2 is 0.918 bits per heavy atom. The molecule has 4 atom stereocenters. The first kappa shape index (κ1) is 39.0. The highest BCUT2D eigenvalue weighted by Crippen LogP contribution is 2.35. The minimum atomic E-state index is -3.88. The van der Waals surface area contributed by atoms with E-state index in [1.807, 2.05) is 41.5 Å². The minimum absolute atomic E-state index is 0.117. The Bertz CT molecular complexity index is 1370. The zero-order valence-corrected chi connectivity index (χ0v) is 31.4. The first-order valence-corrected chi connectivity index (χ1v) is 19.8. The third-order valence-electron chi connectivity index (χ3n) is 10.1. The second-order valence-electron chi connectivity index (χ2n) is 16.4. The normalized spacial score (nSPS) is 19.4. The van der Waals surface area contributed by atoms with Crippen LogP contribution in [-0.4, -0.2) is 43.6 Å². The van der Waals surface area contributed by atoms with Crippen molar-refractivity contribution in [2.75, 3.05) is 0 Å². The van der Waals surface area contributed by atoms with Gasteiger partial charge in [0.2, 0.25) is 9.84 Å². The van der Waals surface area contributed by atoms with E-state index in [1.165, 1.54) is 12.8 Å². The van der Waals surface area contributed by atoms with Crippen molar-refractivity contribution in [1.29, 1.82) is 0 Å². The van der Waals surface area contributed by atoms with E-state index in [9.17, 15) is 18.0 Å². The summed E-state index contributed by atoms with van der Waals surface area (Å²) >= 11 is 0. The SMILES string of the molecule is CC(C)(C)OC(=O)C(CC(N)C1CCCCC1)c1ccc(S(=O)(=O)c2ccc(C(CC(N)C3CCCCC3)C(=O)OC(C)(C)C)cc2)cc1. The van der Waals surface area contributed by atoms with E-state index in [0.29, 0.717) is 35.8 Å². The Balaban J connectivity index is 1.55. The van der Waals surface area contributed by atoms with Crippen LogP contribution in [0.5, 0.6) is 0 Å². The van der Waals surface area contributed by atoms with Crippen molar-refractivity contribution in [2.24, 2.45) is 23.3 Å². The number of benzene rings is 2. The second-order valence-corrected chi connectivity index (χ2v) is 18.4. The molecule has 49 heavy (non-hydrogen) atoms. The molecule has 4 unspecified atom stereocenters. The van der Waals surface area contributed by atoms with Gasteiger partial charge >= 0.3 is 11.9 Å². The minimum Gasteiger partial charge on any atom is -0.459 e. The first-order chi connectivity index (χ1) is 22.9. The Morgan fingerprint density at radius 1 is 0.612 bits per heavy atom. The lowest BCUT2D eigenvalue weighted by molar-refractivity contribution is -0.158. The summed E-state index contributed by atoms with van der Waals surface area (Å²) in [5, 5.41) is 0. The highest BCUT2D eigenvalue weighted by atomic mass is 32.2. The number of nitrogens with two attached hydrogens (primary N) is 2. The van der Waals surface area contributed by atoms with Gasteiger partial charge < -0.3 is 20.9 Å². The molecule has 0 heterocycles. The molecule has 4 N–H and O–H groups in total. The highest BCUT2D eigenvalue weighted by molar-refractivity contribution is 7.91. The van der Waals surface area contributed by atoms with Gasteiger partial charge in [0.1, 0.15) is 11.2 Å². The third kappa shape index (κ3) is 11.1. The molecular formula is C40H60N2O6S. The van der Waals surface area contributed by atoms with Gasteiger partial charge in [-0.25, -0.2) is 8.42 Å². The second kappa shape index (κ2) is 16.5. The molecule has 0 radical (unpaired) electrons. The van der Waals surface area contributed by atoms with Gasteiger partial charge in [0.15, 0.2) is 0 Å². The van der Waals surface area contributed by atoms with Crippen LogP contribution in [-0.2, 0) is 28.9 Å². The number of hydrogen-bond acceptors (Lipinski definition) is 8.